The molecule has 0 amide bonds. The lowest BCUT2D eigenvalue weighted by molar-refractivity contribution is 0.667. The number of aryl methyl sites for hydroxylation is 4. The van der Waals surface area contributed by atoms with Crippen LogP contribution in [0, 0.1) is 27.7 Å². The van der Waals surface area contributed by atoms with Gasteiger partial charge in [-0.1, -0.05) is 0 Å². The summed E-state index contributed by atoms with van der Waals surface area (Å²) in [7, 11) is 0. The van der Waals surface area contributed by atoms with E-state index in [1.807, 2.05) is 101 Å². The number of furan rings is 2. The van der Waals surface area contributed by atoms with Crippen molar-refractivity contribution in [2.75, 3.05) is 0 Å². The van der Waals surface area contributed by atoms with E-state index in [-0.39, 0.29) is 0 Å². The van der Waals surface area contributed by atoms with Gasteiger partial charge in [0.25, 0.3) is 0 Å². The topological polar surface area (TPSA) is 129 Å². The van der Waals surface area contributed by atoms with Crippen LogP contribution in [-0.2, 0) is 0 Å². The minimum atomic E-state index is 0.818. The van der Waals surface area contributed by atoms with Crippen LogP contribution in [0.25, 0.3) is 84.5 Å². The molecule has 12 aromatic heterocycles. The van der Waals surface area contributed by atoms with E-state index in [2.05, 4.69) is 64.1 Å². The first-order chi connectivity index (χ1) is 27.4. The second-order valence-corrected chi connectivity index (χ2v) is 15.1. The minimum Gasteiger partial charge on any atom is -0.456 e. The molecule has 0 atom stereocenters. The molecule has 0 N–H and O–H groups in total. The largest absolute Gasteiger partial charge is 0.456 e. The Morgan fingerprint density at radius 1 is 0.375 bits per heavy atom. The molecule has 0 aliphatic heterocycles. The van der Waals surface area contributed by atoms with Gasteiger partial charge in [-0.05, 0) is 88.4 Å². The van der Waals surface area contributed by atoms with E-state index in [1.165, 1.54) is 35.0 Å². The number of aromatic nitrogens is 8. The molecule has 0 unspecified atom stereocenters. The molecule has 0 aliphatic rings. The second-order valence-electron chi connectivity index (χ2n) is 12.9. The standard InChI is InChI=1S/2C11H8N2O.2C11H8N2S/c1-7-11-8-6-12-4-2-9(8)14-10(11)3-5-13-7;1-7-10-8(4-6-12-7)14-9-3-2-5-13-11(9)10;1-7-11-8-6-12-4-2-9(8)14-10(11)3-5-13-7;1-7-10-8(4-6-12-7)14-9-3-2-5-13-11(9)10/h4*2-6H,1H3. The number of hydrogen-bond acceptors (Lipinski definition) is 12. The first kappa shape index (κ1) is 35.0. The molecule has 0 aliphatic carbocycles. The molecule has 0 radical (unpaired) electrons. The summed E-state index contributed by atoms with van der Waals surface area (Å²) in [5.74, 6) is 0. The maximum atomic E-state index is 5.65. The SMILES string of the molecule is Cc1nccc2oc3cccnc3c12.Cc1nccc2oc3ccncc3c12.Cc1nccc2sc3cccnc3c12.Cc1nccc2sc3ccncc3c12. The third-order valence-corrected chi connectivity index (χ3v) is 11.7. The zero-order valence-electron chi connectivity index (χ0n) is 30.8. The number of pyridine rings is 8. The summed E-state index contributed by atoms with van der Waals surface area (Å²) in [5.41, 5.74) is 9.48. The maximum absolute atomic E-state index is 5.65. The zero-order chi connectivity index (χ0) is 38.2. The van der Waals surface area contributed by atoms with Crippen LogP contribution in [0.5, 0.6) is 0 Å². The van der Waals surface area contributed by atoms with Gasteiger partial charge in [-0.2, -0.15) is 0 Å². The molecule has 0 spiro atoms. The number of nitrogens with zero attached hydrogens (tertiary/aromatic N) is 8. The smallest absolute Gasteiger partial charge is 0.153 e. The zero-order valence-corrected chi connectivity index (χ0v) is 32.4. The Morgan fingerprint density at radius 2 is 0.893 bits per heavy atom. The number of hydrogen-bond donors (Lipinski definition) is 0. The lowest BCUT2D eigenvalue weighted by atomic mass is 10.2. The van der Waals surface area contributed by atoms with Crippen LogP contribution in [-0.4, -0.2) is 39.9 Å². The van der Waals surface area contributed by atoms with Crippen molar-refractivity contribution >= 4 is 107 Å². The third-order valence-electron chi connectivity index (χ3n) is 9.40. The van der Waals surface area contributed by atoms with Crippen molar-refractivity contribution in [2.24, 2.45) is 0 Å². The predicted octanol–water partition coefficient (Wildman–Crippen LogP) is 11.7. The minimum absolute atomic E-state index is 0.818. The highest BCUT2D eigenvalue weighted by Crippen LogP contribution is 2.35. The van der Waals surface area contributed by atoms with Crippen LogP contribution in [0.15, 0.2) is 131 Å². The van der Waals surface area contributed by atoms with E-state index in [1.54, 1.807) is 47.5 Å². The normalized spacial score (nSPS) is 11.2. The summed E-state index contributed by atoms with van der Waals surface area (Å²) in [6, 6.07) is 19.6. The van der Waals surface area contributed by atoms with Gasteiger partial charge in [-0.3, -0.25) is 39.9 Å². The van der Waals surface area contributed by atoms with E-state index in [9.17, 15) is 0 Å². The summed E-state index contributed by atoms with van der Waals surface area (Å²) in [5, 5.41) is 6.79. The van der Waals surface area contributed by atoms with Gasteiger partial charge in [0.05, 0.1) is 26.7 Å². The van der Waals surface area contributed by atoms with Crippen molar-refractivity contribution in [3.8, 4) is 0 Å². The monoisotopic (exact) mass is 768 g/mol. The molecule has 10 nitrogen and oxygen atoms in total. The molecule has 0 saturated carbocycles. The Labute approximate surface area is 327 Å². The Bertz CT molecular complexity index is 2900. The predicted molar refractivity (Wildman–Crippen MR) is 227 cm³/mol. The van der Waals surface area contributed by atoms with Crippen LogP contribution >= 0.6 is 22.7 Å². The Balaban J connectivity index is 0.0000000975. The molecule has 272 valence electrons. The number of thiophene rings is 2. The first-order valence-electron chi connectivity index (χ1n) is 17.8. The quantitative estimate of drug-likeness (QED) is 0.147. The lowest BCUT2D eigenvalue weighted by Gasteiger charge is -1.94. The van der Waals surface area contributed by atoms with E-state index < -0.39 is 0 Å². The van der Waals surface area contributed by atoms with E-state index in [0.29, 0.717) is 0 Å². The summed E-state index contributed by atoms with van der Waals surface area (Å²) in [4.78, 5) is 34.0. The molecule has 0 aromatic carbocycles. The van der Waals surface area contributed by atoms with Crippen LogP contribution in [0.1, 0.15) is 22.8 Å². The summed E-state index contributed by atoms with van der Waals surface area (Å²) in [6.45, 7) is 8.01. The van der Waals surface area contributed by atoms with Crippen molar-refractivity contribution in [3.05, 3.63) is 145 Å². The Hall–Kier alpha value is -6.76. The van der Waals surface area contributed by atoms with Gasteiger partial charge in [0.1, 0.15) is 22.3 Å². The fraction of sp³-hybridized carbons (Fsp3) is 0.0909. The van der Waals surface area contributed by atoms with Crippen molar-refractivity contribution < 1.29 is 8.83 Å². The van der Waals surface area contributed by atoms with E-state index in [0.717, 1.165) is 72.3 Å². The summed E-state index contributed by atoms with van der Waals surface area (Å²) >= 11 is 3.57. The second kappa shape index (κ2) is 14.8. The molecular weight excluding hydrogens is 737 g/mol. The average molecular weight is 769 g/mol. The highest BCUT2D eigenvalue weighted by atomic mass is 32.1. The van der Waals surface area contributed by atoms with Gasteiger partial charge in [0.15, 0.2) is 5.58 Å². The summed E-state index contributed by atoms with van der Waals surface area (Å²) in [6.07, 6.45) is 18.1. The van der Waals surface area contributed by atoms with Gasteiger partial charge >= 0.3 is 0 Å². The van der Waals surface area contributed by atoms with Crippen LogP contribution < -0.4 is 0 Å². The highest BCUT2D eigenvalue weighted by molar-refractivity contribution is 7.26. The molecule has 0 bridgehead atoms. The Morgan fingerprint density at radius 3 is 1.66 bits per heavy atom. The molecule has 12 heterocycles. The Kier molecular flexibility index (Phi) is 9.25. The van der Waals surface area contributed by atoms with Gasteiger partial charge < -0.3 is 8.83 Å². The summed E-state index contributed by atoms with van der Waals surface area (Å²) < 4.78 is 16.4. The van der Waals surface area contributed by atoms with Crippen molar-refractivity contribution in [2.45, 2.75) is 27.7 Å². The fourth-order valence-electron chi connectivity index (χ4n) is 6.86. The molecule has 0 fully saturated rings. The molecule has 12 rings (SSSR count). The van der Waals surface area contributed by atoms with Gasteiger partial charge in [-0.25, -0.2) is 0 Å². The van der Waals surface area contributed by atoms with Gasteiger partial charge in [-0.15, -0.1) is 22.7 Å². The maximum Gasteiger partial charge on any atom is 0.153 e. The van der Waals surface area contributed by atoms with Crippen molar-refractivity contribution in [1.29, 1.82) is 0 Å². The molecular formula is C44H32N8O2S2. The van der Waals surface area contributed by atoms with Crippen LogP contribution in [0.2, 0.25) is 0 Å². The third kappa shape index (κ3) is 6.44. The molecule has 12 heteroatoms. The van der Waals surface area contributed by atoms with Crippen LogP contribution in [0.4, 0.5) is 0 Å². The average Bonchev–Trinajstić information content (AvgIpc) is 4.00. The fourth-order valence-corrected chi connectivity index (χ4v) is 9.08. The number of rotatable bonds is 0. The van der Waals surface area contributed by atoms with E-state index >= 15 is 0 Å². The van der Waals surface area contributed by atoms with Gasteiger partial charge in [0.2, 0.25) is 0 Å². The van der Waals surface area contributed by atoms with Crippen LogP contribution in [0.3, 0.4) is 0 Å². The lowest BCUT2D eigenvalue weighted by Crippen LogP contribution is -1.80. The van der Waals surface area contributed by atoms with Crippen molar-refractivity contribution in [3.63, 3.8) is 0 Å². The van der Waals surface area contributed by atoms with Gasteiger partial charge in [0, 0.05) is 115 Å². The molecule has 0 saturated heterocycles. The van der Waals surface area contributed by atoms with E-state index in [4.69, 9.17) is 8.83 Å². The molecule has 12 aromatic rings. The highest BCUT2D eigenvalue weighted by Gasteiger charge is 2.11. The first-order valence-corrected chi connectivity index (χ1v) is 19.4. The van der Waals surface area contributed by atoms with Crippen molar-refractivity contribution in [1.82, 2.24) is 39.9 Å². The molecule has 56 heavy (non-hydrogen) atoms. The number of fused-ring (bicyclic) bond motifs is 12.